The van der Waals surface area contributed by atoms with E-state index in [1.807, 2.05) is 48.5 Å². The van der Waals surface area contributed by atoms with Crippen LogP contribution in [0.2, 0.25) is 5.02 Å². The zero-order valence-corrected chi connectivity index (χ0v) is 20.6. The first-order valence-electron chi connectivity index (χ1n) is 10.2. The molecule has 5 nitrogen and oxygen atoms in total. The molecule has 3 aromatic carbocycles. The summed E-state index contributed by atoms with van der Waals surface area (Å²) in [6.45, 7) is 0. The maximum absolute atomic E-state index is 13.9. The molecule has 164 valence electrons. The number of imide groups is 1. The van der Waals surface area contributed by atoms with Crippen molar-refractivity contribution in [3.63, 3.8) is 0 Å². The van der Waals surface area contributed by atoms with E-state index in [1.54, 1.807) is 0 Å². The van der Waals surface area contributed by atoms with Crippen molar-refractivity contribution >= 4 is 66.9 Å². The second-order valence-electron chi connectivity index (χ2n) is 8.43. The quantitative estimate of drug-likeness (QED) is 0.335. The Morgan fingerprint density at radius 3 is 1.64 bits per heavy atom. The number of amides is 2. The minimum Gasteiger partial charge on any atom is -0.545 e. The third-order valence-electron chi connectivity index (χ3n) is 7.01. The first-order valence-corrected chi connectivity index (χ1v) is 12.1. The second kappa shape index (κ2) is 6.78. The Bertz CT molecular complexity index is 1300. The molecule has 2 amide bonds. The van der Waals surface area contributed by atoms with Gasteiger partial charge < -0.3 is 9.90 Å². The number of anilines is 1. The summed E-state index contributed by atoms with van der Waals surface area (Å²) in [5.74, 6) is -3.76. The van der Waals surface area contributed by atoms with Gasteiger partial charge in [0.2, 0.25) is 11.8 Å². The fourth-order valence-corrected chi connectivity index (χ4v) is 8.23. The smallest absolute Gasteiger partial charge is 0.239 e. The zero-order chi connectivity index (χ0) is 23.3. The van der Waals surface area contributed by atoms with Crippen LogP contribution in [0.3, 0.4) is 0 Å². The predicted octanol–water partition coefficient (Wildman–Crippen LogP) is 4.11. The molecule has 33 heavy (non-hydrogen) atoms. The number of carboxylic acid groups (broad SMARTS) is 1. The van der Waals surface area contributed by atoms with E-state index >= 15 is 0 Å². The number of alkyl halides is 2. The molecule has 2 bridgehead atoms. The Hall–Kier alpha value is -2.48. The molecular weight excluding hydrogens is 574 g/mol. The third-order valence-corrected chi connectivity index (χ3v) is 10.0. The Morgan fingerprint density at radius 2 is 1.24 bits per heavy atom. The summed E-state index contributed by atoms with van der Waals surface area (Å²) >= 11 is 13.9. The molecule has 1 fully saturated rings. The summed E-state index contributed by atoms with van der Waals surface area (Å²) in [6, 6.07) is 19.6. The second-order valence-corrected chi connectivity index (χ2v) is 11.3. The van der Waals surface area contributed by atoms with E-state index in [4.69, 9.17) is 11.6 Å². The van der Waals surface area contributed by atoms with E-state index in [-0.39, 0.29) is 16.3 Å². The molecule has 0 radical (unpaired) electrons. The van der Waals surface area contributed by atoms with Crippen LogP contribution in [0, 0.1) is 11.8 Å². The molecule has 0 spiro atoms. The van der Waals surface area contributed by atoms with Gasteiger partial charge >= 0.3 is 0 Å². The topological polar surface area (TPSA) is 77.5 Å². The molecule has 1 heterocycles. The fourth-order valence-electron chi connectivity index (χ4n) is 5.73. The van der Waals surface area contributed by atoms with Crippen LogP contribution in [0.15, 0.2) is 66.7 Å². The van der Waals surface area contributed by atoms with Gasteiger partial charge in [-0.3, -0.25) is 9.59 Å². The zero-order valence-electron chi connectivity index (χ0n) is 16.7. The molecule has 1 aliphatic heterocycles. The van der Waals surface area contributed by atoms with Gasteiger partial charge in [-0.05, 0) is 40.5 Å². The number of hydrogen-bond donors (Lipinski definition) is 0. The van der Waals surface area contributed by atoms with Gasteiger partial charge in [-0.1, -0.05) is 92.0 Å². The highest BCUT2D eigenvalue weighted by atomic mass is 79.9. The van der Waals surface area contributed by atoms with E-state index in [0.717, 1.165) is 27.2 Å². The number of rotatable bonds is 2. The number of hydrogen-bond acceptors (Lipinski definition) is 4. The van der Waals surface area contributed by atoms with E-state index in [2.05, 4.69) is 31.9 Å². The molecule has 0 unspecified atom stereocenters. The Balaban J connectivity index is 1.62. The molecule has 0 N–H and O–H groups in total. The number of nitrogens with zero attached hydrogens (tertiary/aromatic N) is 1. The monoisotopic (exact) mass is 584 g/mol. The molecule has 0 saturated carbocycles. The molecule has 3 aliphatic carbocycles. The normalized spacial score (nSPS) is 29.0. The molecule has 1 saturated heterocycles. The van der Waals surface area contributed by atoms with Crippen LogP contribution >= 0.6 is 43.5 Å². The number of carbonyl (C=O) groups is 3. The van der Waals surface area contributed by atoms with Gasteiger partial charge in [0.15, 0.2) is 0 Å². The number of aromatic carboxylic acids is 1. The average molecular weight is 587 g/mol. The fraction of sp³-hybridized carbons (Fsp3) is 0.160. The summed E-state index contributed by atoms with van der Waals surface area (Å²) < 4.78 is -1.82. The highest BCUT2D eigenvalue weighted by Crippen LogP contribution is 2.70. The van der Waals surface area contributed by atoms with Crippen LogP contribution in [0.25, 0.3) is 0 Å². The van der Waals surface area contributed by atoms with Crippen molar-refractivity contribution in [2.75, 3.05) is 4.90 Å². The van der Waals surface area contributed by atoms with E-state index in [9.17, 15) is 19.5 Å². The van der Waals surface area contributed by atoms with Crippen molar-refractivity contribution in [3.8, 4) is 0 Å². The lowest BCUT2D eigenvalue weighted by Gasteiger charge is -2.55. The lowest BCUT2D eigenvalue weighted by Crippen LogP contribution is -2.56. The van der Waals surface area contributed by atoms with Crippen molar-refractivity contribution in [2.24, 2.45) is 11.8 Å². The van der Waals surface area contributed by atoms with E-state index in [1.165, 1.54) is 18.2 Å². The summed E-state index contributed by atoms with van der Waals surface area (Å²) in [6.07, 6.45) is 0. The first-order chi connectivity index (χ1) is 15.7. The van der Waals surface area contributed by atoms with Gasteiger partial charge in [0, 0.05) is 10.6 Å². The van der Waals surface area contributed by atoms with Crippen LogP contribution in [0.4, 0.5) is 5.69 Å². The third kappa shape index (κ3) is 2.40. The standard InChI is InChI=1S/C25H14Br2ClNO4/c26-24-14-5-1-2-6-15(14)25(27,17-8-4-3-7-16(17)24)20-19(24)21(30)29(22(20)31)12-9-10-18(28)13(11-12)23(32)33/h1-11,19-20H,(H,32,33)/p-1/t19-,20-,24?,25?/m0/s1. The minimum atomic E-state index is -1.48. The molecule has 4 aliphatic rings. The summed E-state index contributed by atoms with van der Waals surface area (Å²) in [5.41, 5.74) is 3.59. The minimum absolute atomic E-state index is 0.0240. The summed E-state index contributed by atoms with van der Waals surface area (Å²) in [7, 11) is 0. The predicted molar refractivity (Wildman–Crippen MR) is 128 cm³/mol. The first kappa shape index (κ1) is 21.1. The molecule has 3 aromatic rings. The van der Waals surface area contributed by atoms with E-state index in [0.29, 0.717) is 0 Å². The average Bonchev–Trinajstić information content (AvgIpc) is 3.09. The molecule has 2 atom stereocenters. The number of benzene rings is 3. The highest BCUT2D eigenvalue weighted by Gasteiger charge is 2.72. The lowest BCUT2D eigenvalue weighted by atomic mass is 9.54. The van der Waals surface area contributed by atoms with Gasteiger partial charge in [0.1, 0.15) is 0 Å². The summed E-state index contributed by atoms with van der Waals surface area (Å²) in [4.78, 5) is 40.5. The van der Waals surface area contributed by atoms with Crippen molar-refractivity contribution in [1.82, 2.24) is 0 Å². The van der Waals surface area contributed by atoms with Gasteiger partial charge in [0.25, 0.3) is 0 Å². The molecule has 0 aromatic heterocycles. The lowest BCUT2D eigenvalue weighted by molar-refractivity contribution is -0.255. The van der Waals surface area contributed by atoms with Crippen LogP contribution in [-0.2, 0) is 18.2 Å². The molecule has 8 heteroatoms. The van der Waals surface area contributed by atoms with Crippen LogP contribution in [-0.4, -0.2) is 17.8 Å². The number of halogens is 3. The maximum atomic E-state index is 13.9. The van der Waals surface area contributed by atoms with Crippen LogP contribution < -0.4 is 10.0 Å². The van der Waals surface area contributed by atoms with Gasteiger partial charge in [0.05, 0.1) is 32.1 Å². The molecule has 7 rings (SSSR count). The van der Waals surface area contributed by atoms with Crippen molar-refractivity contribution in [2.45, 2.75) is 8.65 Å². The highest BCUT2D eigenvalue weighted by molar-refractivity contribution is 9.10. The Labute approximate surface area is 210 Å². The van der Waals surface area contributed by atoms with E-state index < -0.39 is 38.3 Å². The van der Waals surface area contributed by atoms with Gasteiger partial charge in [-0.2, -0.15) is 0 Å². The van der Waals surface area contributed by atoms with Crippen LogP contribution in [0.1, 0.15) is 32.6 Å². The van der Waals surface area contributed by atoms with Crippen LogP contribution in [0.5, 0.6) is 0 Å². The van der Waals surface area contributed by atoms with Gasteiger partial charge in [-0.25, -0.2) is 4.90 Å². The SMILES string of the molecule is O=C([O-])c1cc(N2C(=O)[C@@H]3[C@@H](C2=O)C2(Br)c4ccccc4C3(Br)c3ccccc32)ccc1Cl. The summed E-state index contributed by atoms with van der Waals surface area (Å²) in [5, 5.41) is 11.5. The van der Waals surface area contributed by atoms with Crippen molar-refractivity contribution in [1.29, 1.82) is 0 Å². The number of carboxylic acids is 1. The van der Waals surface area contributed by atoms with Crippen molar-refractivity contribution < 1.29 is 19.5 Å². The van der Waals surface area contributed by atoms with Gasteiger partial charge in [-0.15, -0.1) is 0 Å². The number of carbonyl (C=O) groups excluding carboxylic acids is 3. The maximum Gasteiger partial charge on any atom is 0.239 e. The Kier molecular flexibility index (Phi) is 4.33. The largest absolute Gasteiger partial charge is 0.545 e. The Morgan fingerprint density at radius 1 is 0.818 bits per heavy atom. The molecular formula is C25H13Br2ClNO4-. The van der Waals surface area contributed by atoms with Crippen molar-refractivity contribution in [3.05, 3.63) is 99.6 Å².